The Morgan fingerprint density at radius 2 is 2.13 bits per heavy atom. The molecule has 0 bridgehead atoms. The summed E-state index contributed by atoms with van der Waals surface area (Å²) in [6.07, 6.45) is 0.822. The quantitative estimate of drug-likeness (QED) is 0.796. The number of rotatable bonds is 7. The average molecular weight is 321 g/mol. The van der Waals surface area contributed by atoms with Crippen molar-refractivity contribution in [3.05, 3.63) is 35.9 Å². The number of aliphatic carboxylic acids is 1. The van der Waals surface area contributed by atoms with Crippen molar-refractivity contribution in [2.75, 3.05) is 13.2 Å². The van der Waals surface area contributed by atoms with E-state index in [-0.39, 0.29) is 5.92 Å². The number of nitrogens with one attached hydrogen (secondary N) is 1. The summed E-state index contributed by atoms with van der Waals surface area (Å²) in [6, 6.07) is 8.57. The van der Waals surface area contributed by atoms with Gasteiger partial charge in [-0.1, -0.05) is 30.3 Å². The predicted molar refractivity (Wildman–Crippen MR) is 83.8 cm³/mol. The molecule has 3 atom stereocenters. The molecular weight excluding hydrogens is 298 g/mol. The molecule has 2 rings (SSSR count). The fourth-order valence-electron chi connectivity index (χ4n) is 2.55. The molecule has 1 aliphatic rings. The highest BCUT2D eigenvalue weighted by molar-refractivity contribution is 5.86. The summed E-state index contributed by atoms with van der Waals surface area (Å²) < 4.78 is 10.8. The molecule has 1 aromatic rings. The van der Waals surface area contributed by atoms with E-state index in [9.17, 15) is 14.7 Å². The molecule has 1 amide bonds. The molecule has 1 saturated heterocycles. The highest BCUT2D eigenvalue weighted by Crippen LogP contribution is 2.18. The van der Waals surface area contributed by atoms with E-state index in [0.29, 0.717) is 19.8 Å². The fraction of sp³-hybridized carbons (Fsp3) is 0.529. The molecule has 0 aromatic heterocycles. The van der Waals surface area contributed by atoms with Crippen molar-refractivity contribution in [1.29, 1.82) is 0 Å². The van der Waals surface area contributed by atoms with Gasteiger partial charge >= 0.3 is 5.97 Å². The average Bonchev–Trinajstić information content (AvgIpc) is 2.58. The minimum atomic E-state index is -1.04. The molecule has 3 unspecified atom stereocenters. The summed E-state index contributed by atoms with van der Waals surface area (Å²) in [5, 5.41) is 11.9. The van der Waals surface area contributed by atoms with Crippen LogP contribution in [0.25, 0.3) is 0 Å². The van der Waals surface area contributed by atoms with E-state index >= 15 is 0 Å². The minimum absolute atomic E-state index is 0.202. The summed E-state index contributed by atoms with van der Waals surface area (Å²) in [7, 11) is 0. The van der Waals surface area contributed by atoms with E-state index in [1.54, 1.807) is 6.92 Å². The molecular formula is C17H23NO5. The van der Waals surface area contributed by atoms with E-state index in [1.807, 2.05) is 30.3 Å². The van der Waals surface area contributed by atoms with Crippen LogP contribution in [0.5, 0.6) is 0 Å². The number of benzene rings is 1. The number of carboxylic acid groups (broad SMARTS) is 1. The van der Waals surface area contributed by atoms with Crippen LogP contribution >= 0.6 is 0 Å². The molecule has 0 aliphatic carbocycles. The lowest BCUT2D eigenvalue weighted by Gasteiger charge is -2.28. The molecule has 2 N–H and O–H groups in total. The van der Waals surface area contributed by atoms with Crippen LogP contribution in [-0.2, 0) is 25.7 Å². The molecule has 1 aromatic carbocycles. The third-order valence-electron chi connectivity index (χ3n) is 3.94. The predicted octanol–water partition coefficient (Wildman–Crippen LogP) is 1.59. The Kier molecular flexibility index (Phi) is 6.55. The molecule has 0 saturated carbocycles. The van der Waals surface area contributed by atoms with Gasteiger partial charge in [0.1, 0.15) is 12.1 Å². The third kappa shape index (κ3) is 5.33. The smallest absolute Gasteiger partial charge is 0.326 e. The Bertz CT molecular complexity index is 513. The number of amides is 1. The highest BCUT2D eigenvalue weighted by Gasteiger charge is 2.32. The van der Waals surface area contributed by atoms with Gasteiger partial charge in [0.05, 0.1) is 13.2 Å². The summed E-state index contributed by atoms with van der Waals surface area (Å²) >= 11 is 0. The third-order valence-corrected chi connectivity index (χ3v) is 3.94. The van der Waals surface area contributed by atoms with Crippen LogP contribution in [0.1, 0.15) is 25.3 Å². The zero-order valence-corrected chi connectivity index (χ0v) is 13.2. The van der Waals surface area contributed by atoms with Crippen molar-refractivity contribution < 1.29 is 24.2 Å². The topological polar surface area (TPSA) is 84.9 Å². The maximum Gasteiger partial charge on any atom is 0.326 e. The summed E-state index contributed by atoms with van der Waals surface area (Å²) in [5.74, 6) is -1.66. The van der Waals surface area contributed by atoms with E-state index in [1.165, 1.54) is 0 Å². The van der Waals surface area contributed by atoms with Crippen molar-refractivity contribution in [3.8, 4) is 0 Å². The van der Waals surface area contributed by atoms with Gasteiger partial charge in [0.15, 0.2) is 0 Å². The number of ether oxygens (including phenoxy) is 2. The molecule has 6 nitrogen and oxygen atoms in total. The first-order valence-electron chi connectivity index (χ1n) is 7.84. The summed E-state index contributed by atoms with van der Waals surface area (Å²) in [6.45, 7) is 2.93. The summed E-state index contributed by atoms with van der Waals surface area (Å²) in [4.78, 5) is 23.6. The standard InChI is InChI=1S/C17H23NO5/c1-12(23-10-13-6-3-2-4-7-13)16(19)18-15(17(20)21)14-8-5-9-22-11-14/h2-4,6-7,12,14-15H,5,8-11H2,1H3,(H,18,19)(H,20,21). The second-order valence-electron chi connectivity index (χ2n) is 5.74. The van der Waals surface area contributed by atoms with Gasteiger partial charge in [-0.05, 0) is 25.3 Å². The van der Waals surface area contributed by atoms with Gasteiger partial charge in [0.2, 0.25) is 5.91 Å². The van der Waals surface area contributed by atoms with E-state index < -0.39 is 24.0 Å². The molecule has 0 spiro atoms. The minimum Gasteiger partial charge on any atom is -0.480 e. The molecule has 1 aliphatic heterocycles. The first kappa shape index (κ1) is 17.4. The molecule has 23 heavy (non-hydrogen) atoms. The van der Waals surface area contributed by atoms with Crippen molar-refractivity contribution >= 4 is 11.9 Å². The second kappa shape index (κ2) is 8.64. The van der Waals surface area contributed by atoms with E-state index in [2.05, 4.69) is 5.32 Å². The van der Waals surface area contributed by atoms with Gasteiger partial charge in [-0.3, -0.25) is 4.79 Å². The first-order chi connectivity index (χ1) is 11.1. The Hall–Kier alpha value is -1.92. The summed E-state index contributed by atoms with van der Waals surface area (Å²) in [5.41, 5.74) is 0.961. The monoisotopic (exact) mass is 321 g/mol. The molecule has 6 heteroatoms. The zero-order valence-electron chi connectivity index (χ0n) is 13.2. The maximum atomic E-state index is 12.2. The number of carbonyl (C=O) groups excluding carboxylic acids is 1. The second-order valence-corrected chi connectivity index (χ2v) is 5.74. The largest absolute Gasteiger partial charge is 0.480 e. The van der Waals surface area contributed by atoms with Gasteiger partial charge in [-0.25, -0.2) is 4.79 Å². The van der Waals surface area contributed by atoms with Crippen LogP contribution in [0, 0.1) is 5.92 Å². The van der Waals surface area contributed by atoms with Crippen molar-refractivity contribution in [1.82, 2.24) is 5.32 Å². The zero-order chi connectivity index (χ0) is 16.7. The van der Waals surface area contributed by atoms with Crippen LogP contribution in [0.4, 0.5) is 0 Å². The van der Waals surface area contributed by atoms with Gasteiger partial charge in [-0.15, -0.1) is 0 Å². The van der Waals surface area contributed by atoms with Gasteiger partial charge in [-0.2, -0.15) is 0 Å². The lowest BCUT2D eigenvalue weighted by atomic mass is 9.93. The first-order valence-corrected chi connectivity index (χ1v) is 7.84. The Labute approximate surface area is 135 Å². The van der Waals surface area contributed by atoms with Gasteiger partial charge in [0.25, 0.3) is 0 Å². The van der Waals surface area contributed by atoms with E-state index in [4.69, 9.17) is 9.47 Å². The Morgan fingerprint density at radius 3 is 2.74 bits per heavy atom. The molecule has 1 fully saturated rings. The lowest BCUT2D eigenvalue weighted by Crippen LogP contribution is -2.51. The van der Waals surface area contributed by atoms with Crippen LogP contribution in [0.2, 0.25) is 0 Å². The number of hydrogen-bond acceptors (Lipinski definition) is 4. The fourth-order valence-corrected chi connectivity index (χ4v) is 2.55. The molecule has 0 radical (unpaired) electrons. The van der Waals surface area contributed by atoms with Crippen LogP contribution < -0.4 is 5.32 Å². The molecule has 1 heterocycles. The number of carbonyl (C=O) groups is 2. The number of carboxylic acids is 1. The van der Waals surface area contributed by atoms with Gasteiger partial charge < -0.3 is 19.9 Å². The maximum absolute atomic E-state index is 12.2. The normalized spacial score (nSPS) is 20.5. The SMILES string of the molecule is CC(OCc1ccccc1)C(=O)NC(C(=O)O)C1CCCOC1. The van der Waals surface area contributed by atoms with Crippen molar-refractivity contribution in [2.45, 2.75) is 38.5 Å². The Balaban J connectivity index is 1.86. The van der Waals surface area contributed by atoms with Crippen LogP contribution in [0.3, 0.4) is 0 Å². The van der Waals surface area contributed by atoms with Crippen molar-refractivity contribution in [2.24, 2.45) is 5.92 Å². The van der Waals surface area contributed by atoms with E-state index in [0.717, 1.165) is 18.4 Å². The molecule has 126 valence electrons. The highest BCUT2D eigenvalue weighted by atomic mass is 16.5. The van der Waals surface area contributed by atoms with Crippen LogP contribution in [0.15, 0.2) is 30.3 Å². The van der Waals surface area contributed by atoms with Gasteiger partial charge in [0, 0.05) is 12.5 Å². The van der Waals surface area contributed by atoms with Crippen molar-refractivity contribution in [3.63, 3.8) is 0 Å². The number of hydrogen-bond donors (Lipinski definition) is 2. The Morgan fingerprint density at radius 1 is 1.39 bits per heavy atom. The lowest BCUT2D eigenvalue weighted by molar-refractivity contribution is -0.147. The van der Waals surface area contributed by atoms with Crippen LogP contribution in [-0.4, -0.2) is 42.3 Å².